The number of aliphatic hydroxyl groups excluding tert-OH is 1. The highest BCUT2D eigenvalue weighted by Crippen LogP contribution is 2.29. The van der Waals surface area contributed by atoms with E-state index in [1.165, 1.54) is 11.1 Å². The van der Waals surface area contributed by atoms with Gasteiger partial charge >= 0.3 is 0 Å². The third kappa shape index (κ3) is 4.05. The predicted octanol–water partition coefficient (Wildman–Crippen LogP) is 2.30. The van der Waals surface area contributed by atoms with Crippen molar-refractivity contribution in [3.63, 3.8) is 0 Å². The predicted molar refractivity (Wildman–Crippen MR) is 81.9 cm³/mol. The van der Waals surface area contributed by atoms with Gasteiger partial charge in [-0.15, -0.1) is 0 Å². The lowest BCUT2D eigenvalue weighted by Gasteiger charge is -2.36. The van der Waals surface area contributed by atoms with Gasteiger partial charge in [0.05, 0.1) is 6.61 Å². The summed E-state index contributed by atoms with van der Waals surface area (Å²) in [5.74, 6) is 0. The lowest BCUT2D eigenvalue weighted by atomic mass is 9.80. The van der Waals surface area contributed by atoms with Gasteiger partial charge in [-0.3, -0.25) is 0 Å². The molecule has 2 rings (SSSR count). The standard InChI is InChI=1S/C17H27NO2/c1-14-5-3-4-6-16(14)11-15(2)18-12-17(13-19)7-9-20-10-8-17/h3-6,15,18-19H,7-13H2,1-2H3. The highest BCUT2D eigenvalue weighted by molar-refractivity contribution is 5.26. The van der Waals surface area contributed by atoms with E-state index in [4.69, 9.17) is 4.74 Å². The summed E-state index contributed by atoms with van der Waals surface area (Å²) in [5, 5.41) is 13.3. The zero-order valence-electron chi connectivity index (χ0n) is 12.7. The van der Waals surface area contributed by atoms with Crippen LogP contribution in [-0.2, 0) is 11.2 Å². The Hall–Kier alpha value is -0.900. The van der Waals surface area contributed by atoms with Crippen LogP contribution in [0.15, 0.2) is 24.3 Å². The van der Waals surface area contributed by atoms with E-state index >= 15 is 0 Å². The van der Waals surface area contributed by atoms with E-state index in [0.717, 1.165) is 39.0 Å². The molecule has 0 aromatic heterocycles. The largest absolute Gasteiger partial charge is 0.396 e. The molecular weight excluding hydrogens is 250 g/mol. The Morgan fingerprint density at radius 3 is 2.65 bits per heavy atom. The SMILES string of the molecule is Cc1ccccc1CC(C)NCC1(CO)CCOCC1. The zero-order valence-corrected chi connectivity index (χ0v) is 12.7. The summed E-state index contributed by atoms with van der Waals surface area (Å²) in [5.41, 5.74) is 2.76. The summed E-state index contributed by atoms with van der Waals surface area (Å²) in [6, 6.07) is 8.96. The Balaban J connectivity index is 1.85. The highest BCUT2D eigenvalue weighted by atomic mass is 16.5. The quantitative estimate of drug-likeness (QED) is 0.838. The van der Waals surface area contributed by atoms with E-state index in [-0.39, 0.29) is 12.0 Å². The summed E-state index contributed by atoms with van der Waals surface area (Å²) >= 11 is 0. The van der Waals surface area contributed by atoms with Gasteiger partial charge in [-0.1, -0.05) is 24.3 Å². The Labute approximate surface area is 122 Å². The van der Waals surface area contributed by atoms with Gasteiger partial charge in [-0.25, -0.2) is 0 Å². The van der Waals surface area contributed by atoms with Crippen LogP contribution in [0.1, 0.15) is 30.9 Å². The molecule has 3 heteroatoms. The number of rotatable bonds is 6. The second kappa shape index (κ2) is 7.21. The number of aliphatic hydroxyl groups is 1. The van der Waals surface area contributed by atoms with Crippen LogP contribution in [0.3, 0.4) is 0 Å². The number of ether oxygens (including phenoxy) is 1. The first-order chi connectivity index (χ1) is 9.65. The number of hydrogen-bond donors (Lipinski definition) is 2. The van der Waals surface area contributed by atoms with Crippen molar-refractivity contribution in [3.8, 4) is 0 Å². The average Bonchev–Trinajstić information content (AvgIpc) is 2.49. The maximum Gasteiger partial charge on any atom is 0.0501 e. The minimum Gasteiger partial charge on any atom is -0.396 e. The van der Waals surface area contributed by atoms with E-state index in [9.17, 15) is 5.11 Å². The fourth-order valence-electron chi connectivity index (χ4n) is 2.83. The molecule has 1 fully saturated rings. The summed E-state index contributed by atoms with van der Waals surface area (Å²) in [4.78, 5) is 0. The topological polar surface area (TPSA) is 41.5 Å². The Kier molecular flexibility index (Phi) is 5.58. The molecule has 0 aliphatic carbocycles. The molecule has 2 N–H and O–H groups in total. The van der Waals surface area contributed by atoms with Crippen LogP contribution in [0.5, 0.6) is 0 Å². The molecule has 0 spiro atoms. The van der Waals surface area contributed by atoms with Crippen molar-refractivity contribution in [1.82, 2.24) is 5.32 Å². The maximum atomic E-state index is 9.69. The van der Waals surface area contributed by atoms with Gasteiger partial charge in [0.25, 0.3) is 0 Å². The smallest absolute Gasteiger partial charge is 0.0501 e. The van der Waals surface area contributed by atoms with Crippen LogP contribution in [0, 0.1) is 12.3 Å². The van der Waals surface area contributed by atoms with Crippen molar-refractivity contribution in [1.29, 1.82) is 0 Å². The molecule has 3 nitrogen and oxygen atoms in total. The summed E-state index contributed by atoms with van der Waals surface area (Å²) in [6.45, 7) is 7.05. The van der Waals surface area contributed by atoms with Crippen LogP contribution in [0.2, 0.25) is 0 Å². The molecule has 1 unspecified atom stereocenters. The van der Waals surface area contributed by atoms with Crippen molar-refractivity contribution in [2.24, 2.45) is 5.41 Å². The van der Waals surface area contributed by atoms with E-state index in [0.29, 0.717) is 6.04 Å². The number of benzene rings is 1. The average molecular weight is 277 g/mol. The van der Waals surface area contributed by atoms with Crippen LogP contribution in [0.25, 0.3) is 0 Å². The normalized spacial score (nSPS) is 19.8. The lowest BCUT2D eigenvalue weighted by molar-refractivity contribution is -0.0162. The summed E-state index contributed by atoms with van der Waals surface area (Å²) in [7, 11) is 0. The molecule has 0 bridgehead atoms. The Bertz CT molecular complexity index is 413. The lowest BCUT2D eigenvalue weighted by Crippen LogP contribution is -2.44. The first kappa shape index (κ1) is 15.5. The molecule has 1 aliphatic rings. The third-order valence-corrected chi connectivity index (χ3v) is 4.50. The Morgan fingerprint density at radius 2 is 2.00 bits per heavy atom. The van der Waals surface area contributed by atoms with Gasteiger partial charge in [0.1, 0.15) is 0 Å². The van der Waals surface area contributed by atoms with E-state index < -0.39 is 0 Å². The Morgan fingerprint density at radius 1 is 1.30 bits per heavy atom. The monoisotopic (exact) mass is 277 g/mol. The molecule has 1 aliphatic heterocycles. The second-order valence-electron chi connectivity index (χ2n) is 6.18. The van der Waals surface area contributed by atoms with Crippen molar-refractivity contribution in [2.75, 3.05) is 26.4 Å². The van der Waals surface area contributed by atoms with Gasteiger partial charge < -0.3 is 15.2 Å². The molecule has 1 saturated heterocycles. The molecule has 1 atom stereocenters. The molecule has 1 aromatic carbocycles. The zero-order chi connectivity index (χ0) is 14.4. The van der Waals surface area contributed by atoms with Crippen LogP contribution in [0.4, 0.5) is 0 Å². The molecule has 0 radical (unpaired) electrons. The van der Waals surface area contributed by atoms with Gasteiger partial charge in [-0.2, -0.15) is 0 Å². The minimum absolute atomic E-state index is 0.0121. The van der Waals surface area contributed by atoms with Crippen molar-refractivity contribution >= 4 is 0 Å². The first-order valence-electron chi connectivity index (χ1n) is 7.62. The minimum atomic E-state index is 0.0121. The van der Waals surface area contributed by atoms with Crippen molar-refractivity contribution in [2.45, 2.75) is 39.2 Å². The third-order valence-electron chi connectivity index (χ3n) is 4.50. The second-order valence-corrected chi connectivity index (χ2v) is 6.18. The van der Waals surface area contributed by atoms with Crippen molar-refractivity contribution < 1.29 is 9.84 Å². The van der Waals surface area contributed by atoms with Crippen molar-refractivity contribution in [3.05, 3.63) is 35.4 Å². The molecule has 1 aromatic rings. The van der Waals surface area contributed by atoms with Crippen LogP contribution >= 0.6 is 0 Å². The summed E-state index contributed by atoms with van der Waals surface area (Å²) < 4.78 is 5.41. The fraction of sp³-hybridized carbons (Fsp3) is 0.647. The number of hydrogen-bond acceptors (Lipinski definition) is 3. The molecule has 20 heavy (non-hydrogen) atoms. The van der Waals surface area contributed by atoms with Gasteiger partial charge in [0.15, 0.2) is 0 Å². The van der Waals surface area contributed by atoms with Crippen LogP contribution in [-0.4, -0.2) is 37.5 Å². The van der Waals surface area contributed by atoms with Gasteiger partial charge in [0, 0.05) is 31.2 Å². The van der Waals surface area contributed by atoms with E-state index in [2.05, 4.69) is 43.4 Å². The molecular formula is C17H27NO2. The van der Waals surface area contributed by atoms with Gasteiger partial charge in [-0.05, 0) is 44.2 Å². The molecule has 0 amide bonds. The molecule has 112 valence electrons. The van der Waals surface area contributed by atoms with E-state index in [1.54, 1.807) is 0 Å². The fourth-order valence-corrected chi connectivity index (χ4v) is 2.83. The van der Waals surface area contributed by atoms with E-state index in [1.807, 2.05) is 0 Å². The number of nitrogens with one attached hydrogen (secondary N) is 1. The first-order valence-corrected chi connectivity index (χ1v) is 7.62. The molecule has 0 saturated carbocycles. The molecule has 1 heterocycles. The van der Waals surface area contributed by atoms with Crippen LogP contribution < -0.4 is 5.32 Å². The summed E-state index contributed by atoms with van der Waals surface area (Å²) in [6.07, 6.45) is 2.94. The highest BCUT2D eigenvalue weighted by Gasteiger charge is 2.31. The number of aryl methyl sites for hydroxylation is 1. The van der Waals surface area contributed by atoms with Gasteiger partial charge in [0.2, 0.25) is 0 Å². The maximum absolute atomic E-state index is 9.69.